The highest BCUT2D eigenvalue weighted by Gasteiger charge is 2.34. The van der Waals surface area contributed by atoms with Gasteiger partial charge in [-0.15, -0.1) is 0 Å². The molecule has 0 aromatic heterocycles. The van der Waals surface area contributed by atoms with E-state index in [1.807, 2.05) is 0 Å². The van der Waals surface area contributed by atoms with Gasteiger partial charge in [0.05, 0.1) is 5.60 Å². The van der Waals surface area contributed by atoms with E-state index in [2.05, 4.69) is 44.3 Å². The smallest absolute Gasteiger partial charge is 0.0771 e. The molecule has 2 rings (SSSR count). The van der Waals surface area contributed by atoms with Crippen LogP contribution in [0.15, 0.2) is 18.2 Å². The van der Waals surface area contributed by atoms with E-state index in [9.17, 15) is 5.11 Å². The van der Waals surface area contributed by atoms with Crippen LogP contribution in [0.4, 0.5) is 0 Å². The lowest BCUT2D eigenvalue weighted by atomic mass is 9.80. The molecular formula is C15H23NO. The van der Waals surface area contributed by atoms with Crippen molar-refractivity contribution in [3.63, 3.8) is 0 Å². The molecule has 1 aromatic carbocycles. The van der Waals surface area contributed by atoms with Crippen molar-refractivity contribution in [2.75, 3.05) is 6.54 Å². The largest absolute Gasteiger partial charge is 0.389 e. The van der Waals surface area contributed by atoms with Gasteiger partial charge in [-0.05, 0) is 51.2 Å². The van der Waals surface area contributed by atoms with Crippen molar-refractivity contribution in [3.8, 4) is 0 Å². The fraction of sp³-hybridized carbons (Fsp3) is 0.600. The Morgan fingerprint density at radius 2 is 2.06 bits per heavy atom. The fourth-order valence-electron chi connectivity index (χ4n) is 2.44. The van der Waals surface area contributed by atoms with Crippen LogP contribution in [0.3, 0.4) is 0 Å². The molecule has 0 amide bonds. The van der Waals surface area contributed by atoms with Crippen LogP contribution in [0.1, 0.15) is 48.9 Å². The second-order valence-electron chi connectivity index (χ2n) is 5.54. The van der Waals surface area contributed by atoms with Gasteiger partial charge in [0, 0.05) is 12.6 Å². The summed E-state index contributed by atoms with van der Waals surface area (Å²) in [5, 5.41) is 13.5. The molecule has 0 aliphatic heterocycles. The molecule has 0 radical (unpaired) electrons. The van der Waals surface area contributed by atoms with Gasteiger partial charge >= 0.3 is 0 Å². The van der Waals surface area contributed by atoms with E-state index in [0.29, 0.717) is 12.6 Å². The Labute approximate surface area is 104 Å². The summed E-state index contributed by atoms with van der Waals surface area (Å²) in [6.07, 6.45) is 3.05. The van der Waals surface area contributed by atoms with Crippen LogP contribution in [0, 0.1) is 13.8 Å². The molecule has 94 valence electrons. The van der Waals surface area contributed by atoms with Gasteiger partial charge in [-0.3, -0.25) is 0 Å². The third-order valence-corrected chi connectivity index (χ3v) is 3.92. The highest BCUT2D eigenvalue weighted by atomic mass is 16.3. The molecule has 17 heavy (non-hydrogen) atoms. The van der Waals surface area contributed by atoms with Gasteiger partial charge < -0.3 is 10.4 Å². The minimum atomic E-state index is -0.439. The number of rotatable bonds is 4. The lowest BCUT2D eigenvalue weighted by molar-refractivity contribution is -0.0329. The van der Waals surface area contributed by atoms with E-state index >= 15 is 0 Å². The molecule has 1 atom stereocenters. The standard InChI is InChI=1S/C15H23NO/c1-11-5-6-12(2)14(9-11)13(3)16-10-15(17)7-4-8-15/h5-6,9,13,16-17H,4,7-8,10H2,1-3H3. The summed E-state index contributed by atoms with van der Waals surface area (Å²) in [5.41, 5.74) is 3.51. The van der Waals surface area contributed by atoms with E-state index in [4.69, 9.17) is 0 Å². The summed E-state index contributed by atoms with van der Waals surface area (Å²) in [4.78, 5) is 0. The predicted octanol–water partition coefficient (Wildman–Crippen LogP) is 2.87. The average Bonchev–Trinajstić information content (AvgIpc) is 2.26. The van der Waals surface area contributed by atoms with Crippen LogP contribution >= 0.6 is 0 Å². The fourth-order valence-corrected chi connectivity index (χ4v) is 2.44. The molecule has 0 heterocycles. The SMILES string of the molecule is Cc1ccc(C)c(C(C)NCC2(O)CCC2)c1. The van der Waals surface area contributed by atoms with Gasteiger partial charge in [0.25, 0.3) is 0 Å². The third-order valence-electron chi connectivity index (χ3n) is 3.92. The first-order valence-electron chi connectivity index (χ1n) is 6.53. The third kappa shape index (κ3) is 2.88. The molecule has 1 aliphatic carbocycles. The van der Waals surface area contributed by atoms with E-state index in [1.54, 1.807) is 0 Å². The maximum absolute atomic E-state index is 10.1. The van der Waals surface area contributed by atoms with Crippen molar-refractivity contribution in [1.29, 1.82) is 0 Å². The molecule has 2 N–H and O–H groups in total. The zero-order valence-electron chi connectivity index (χ0n) is 11.1. The minimum absolute atomic E-state index is 0.305. The Morgan fingerprint density at radius 3 is 2.65 bits per heavy atom. The van der Waals surface area contributed by atoms with Crippen molar-refractivity contribution in [3.05, 3.63) is 34.9 Å². The number of nitrogens with one attached hydrogen (secondary N) is 1. The van der Waals surface area contributed by atoms with Gasteiger partial charge in [0.15, 0.2) is 0 Å². The normalized spacial score (nSPS) is 19.8. The Bertz CT molecular complexity index is 396. The molecule has 1 aromatic rings. The Kier molecular flexibility index (Phi) is 3.55. The quantitative estimate of drug-likeness (QED) is 0.838. The van der Waals surface area contributed by atoms with Gasteiger partial charge in [-0.1, -0.05) is 23.8 Å². The Balaban J connectivity index is 1.99. The number of benzene rings is 1. The number of aryl methyl sites for hydroxylation is 2. The lowest BCUT2D eigenvalue weighted by Crippen LogP contribution is -2.46. The highest BCUT2D eigenvalue weighted by Crippen LogP contribution is 2.31. The monoisotopic (exact) mass is 233 g/mol. The van der Waals surface area contributed by atoms with Gasteiger partial charge in [0.1, 0.15) is 0 Å². The summed E-state index contributed by atoms with van der Waals surface area (Å²) in [7, 11) is 0. The molecule has 2 nitrogen and oxygen atoms in total. The summed E-state index contributed by atoms with van der Waals surface area (Å²) in [5.74, 6) is 0. The molecular weight excluding hydrogens is 210 g/mol. The van der Waals surface area contributed by atoms with E-state index in [0.717, 1.165) is 19.3 Å². The summed E-state index contributed by atoms with van der Waals surface area (Å²) < 4.78 is 0. The summed E-state index contributed by atoms with van der Waals surface area (Å²) in [6.45, 7) is 7.14. The lowest BCUT2D eigenvalue weighted by Gasteiger charge is -2.37. The van der Waals surface area contributed by atoms with Crippen LogP contribution in [-0.4, -0.2) is 17.3 Å². The first-order valence-corrected chi connectivity index (χ1v) is 6.53. The van der Waals surface area contributed by atoms with Crippen molar-refractivity contribution in [1.82, 2.24) is 5.32 Å². The van der Waals surface area contributed by atoms with Crippen molar-refractivity contribution < 1.29 is 5.11 Å². The van der Waals surface area contributed by atoms with Gasteiger partial charge in [0.2, 0.25) is 0 Å². The molecule has 0 bridgehead atoms. The molecule has 1 unspecified atom stereocenters. The first kappa shape index (κ1) is 12.6. The molecule has 1 saturated carbocycles. The summed E-state index contributed by atoms with van der Waals surface area (Å²) in [6, 6.07) is 6.85. The first-order chi connectivity index (χ1) is 8.00. The van der Waals surface area contributed by atoms with Crippen LogP contribution in [0.5, 0.6) is 0 Å². The molecule has 0 spiro atoms. The van der Waals surface area contributed by atoms with E-state index in [1.165, 1.54) is 16.7 Å². The van der Waals surface area contributed by atoms with Gasteiger partial charge in [-0.25, -0.2) is 0 Å². The number of hydrogen-bond donors (Lipinski definition) is 2. The molecule has 0 saturated heterocycles. The Hall–Kier alpha value is -0.860. The second kappa shape index (κ2) is 4.79. The molecule has 2 heteroatoms. The predicted molar refractivity (Wildman–Crippen MR) is 71.1 cm³/mol. The zero-order valence-corrected chi connectivity index (χ0v) is 11.1. The number of aliphatic hydroxyl groups is 1. The maximum atomic E-state index is 10.1. The minimum Gasteiger partial charge on any atom is -0.389 e. The van der Waals surface area contributed by atoms with Crippen molar-refractivity contribution in [2.45, 2.75) is 51.7 Å². The van der Waals surface area contributed by atoms with E-state index < -0.39 is 5.60 Å². The molecule has 1 aliphatic rings. The van der Waals surface area contributed by atoms with Crippen LogP contribution in [-0.2, 0) is 0 Å². The Morgan fingerprint density at radius 1 is 1.35 bits per heavy atom. The van der Waals surface area contributed by atoms with Crippen LogP contribution in [0.25, 0.3) is 0 Å². The second-order valence-corrected chi connectivity index (χ2v) is 5.54. The van der Waals surface area contributed by atoms with Crippen LogP contribution in [0.2, 0.25) is 0 Å². The zero-order chi connectivity index (χ0) is 12.5. The maximum Gasteiger partial charge on any atom is 0.0771 e. The van der Waals surface area contributed by atoms with Crippen LogP contribution < -0.4 is 5.32 Å². The van der Waals surface area contributed by atoms with E-state index in [-0.39, 0.29) is 0 Å². The highest BCUT2D eigenvalue weighted by molar-refractivity contribution is 5.32. The number of hydrogen-bond acceptors (Lipinski definition) is 2. The molecule has 1 fully saturated rings. The van der Waals surface area contributed by atoms with Crippen molar-refractivity contribution >= 4 is 0 Å². The average molecular weight is 233 g/mol. The topological polar surface area (TPSA) is 32.3 Å². The van der Waals surface area contributed by atoms with Crippen molar-refractivity contribution in [2.24, 2.45) is 0 Å². The van der Waals surface area contributed by atoms with Gasteiger partial charge in [-0.2, -0.15) is 0 Å². The summed E-state index contributed by atoms with van der Waals surface area (Å²) >= 11 is 0.